The molecule has 1 aromatic rings. The molecule has 1 aliphatic heterocycles. The van der Waals surface area contributed by atoms with Crippen molar-refractivity contribution in [2.75, 3.05) is 26.9 Å². The van der Waals surface area contributed by atoms with E-state index in [4.69, 9.17) is 27.5 Å². The van der Waals surface area contributed by atoms with E-state index in [-0.39, 0.29) is 0 Å². The van der Waals surface area contributed by atoms with Crippen molar-refractivity contribution in [2.45, 2.75) is 79.8 Å². The zero-order chi connectivity index (χ0) is 29.3. The van der Waals surface area contributed by atoms with E-state index in [1.54, 1.807) is 20.1 Å². The van der Waals surface area contributed by atoms with Crippen LogP contribution < -0.4 is 27.1 Å². The minimum absolute atomic E-state index is 0.343. The molecule has 1 aromatic carbocycles. The molecule has 1 saturated heterocycles. The first kappa shape index (κ1) is 36.9. The highest BCUT2D eigenvalue weighted by atomic mass is 16.5. The highest BCUT2D eigenvalue weighted by molar-refractivity contribution is 5.76. The van der Waals surface area contributed by atoms with Gasteiger partial charge in [-0.25, -0.2) is 0 Å². The van der Waals surface area contributed by atoms with Gasteiger partial charge in [0.1, 0.15) is 5.75 Å². The molecule has 1 heterocycles. The van der Waals surface area contributed by atoms with E-state index in [0.717, 1.165) is 24.1 Å². The summed E-state index contributed by atoms with van der Waals surface area (Å²) < 4.78 is 10.6. The molecule has 9 nitrogen and oxygen atoms in total. The van der Waals surface area contributed by atoms with Crippen LogP contribution in [0.3, 0.4) is 0 Å². The Labute approximate surface area is 230 Å². The lowest BCUT2D eigenvalue weighted by Crippen LogP contribution is -2.34. The van der Waals surface area contributed by atoms with E-state index >= 15 is 0 Å². The van der Waals surface area contributed by atoms with Gasteiger partial charge in [-0.15, -0.1) is 6.42 Å². The lowest BCUT2D eigenvalue weighted by Gasteiger charge is -2.22. The fourth-order valence-electron chi connectivity index (χ4n) is 3.36. The monoisotopic (exact) mass is 533 g/mol. The van der Waals surface area contributed by atoms with Crippen LogP contribution in [-0.2, 0) is 20.9 Å². The van der Waals surface area contributed by atoms with Gasteiger partial charge in [0, 0.05) is 68.7 Å². The van der Waals surface area contributed by atoms with Crippen molar-refractivity contribution in [1.82, 2.24) is 15.6 Å². The van der Waals surface area contributed by atoms with Gasteiger partial charge in [0.05, 0.1) is 6.61 Å². The Hall–Kier alpha value is -3.22. The van der Waals surface area contributed by atoms with Gasteiger partial charge in [-0.1, -0.05) is 39.7 Å². The molecule has 0 bridgehead atoms. The molecule has 9 heteroatoms. The largest absolute Gasteiger partial charge is 0.493 e. The first-order valence-electron chi connectivity index (χ1n) is 13.3. The number of rotatable bonds is 11. The number of amides is 2. The minimum Gasteiger partial charge on any atom is -0.493 e. The summed E-state index contributed by atoms with van der Waals surface area (Å²) >= 11 is 0. The fourth-order valence-corrected chi connectivity index (χ4v) is 3.36. The molecule has 1 fully saturated rings. The number of hydrazine groups is 1. The van der Waals surface area contributed by atoms with Gasteiger partial charge in [0.25, 0.3) is 0 Å². The Morgan fingerprint density at radius 3 is 2.45 bits per heavy atom. The maximum atomic E-state index is 11.6. The van der Waals surface area contributed by atoms with Crippen LogP contribution in [0.1, 0.15) is 78.4 Å². The van der Waals surface area contributed by atoms with Gasteiger partial charge in [-0.3, -0.25) is 15.4 Å². The van der Waals surface area contributed by atoms with Crippen LogP contribution in [0.5, 0.6) is 5.75 Å². The molecule has 2 amide bonds. The number of carbonyl (C=O) groups excluding carboxylic acids is 2. The molecule has 0 radical (unpaired) electrons. The predicted molar refractivity (Wildman–Crippen MR) is 156 cm³/mol. The third kappa shape index (κ3) is 18.1. The number of likely N-dealkylation sites (tertiary alicyclic amines) is 1. The molecule has 1 unspecified atom stereocenters. The molecule has 6 N–H and O–H groups in total. The fraction of sp³-hybridized carbons (Fsp3) is 0.586. The summed E-state index contributed by atoms with van der Waals surface area (Å²) in [5.74, 6) is 8.92. The molecule has 216 valence electrons. The van der Waals surface area contributed by atoms with Gasteiger partial charge in [0.2, 0.25) is 12.3 Å². The van der Waals surface area contributed by atoms with Crippen molar-refractivity contribution in [3.8, 4) is 18.1 Å². The summed E-state index contributed by atoms with van der Waals surface area (Å²) in [5.41, 5.74) is 9.74. The number of nitrogens with zero attached hydrogens (tertiary/aromatic N) is 1. The molecule has 0 aromatic heterocycles. The van der Waals surface area contributed by atoms with Gasteiger partial charge >= 0.3 is 0 Å². The Morgan fingerprint density at radius 2 is 2.00 bits per heavy atom. The number of hydrogen-bond acceptors (Lipinski definition) is 7. The zero-order valence-corrected chi connectivity index (χ0v) is 24.5. The number of methoxy groups -OCH3 is 1. The molecular weight excluding hydrogens is 482 g/mol. The van der Waals surface area contributed by atoms with E-state index in [1.165, 1.54) is 19.0 Å². The summed E-state index contributed by atoms with van der Waals surface area (Å²) in [7, 11) is 1.65. The average Bonchev–Trinajstić information content (AvgIpc) is 3.33. The summed E-state index contributed by atoms with van der Waals surface area (Å²) in [6.07, 6.45) is 11.4. The summed E-state index contributed by atoms with van der Waals surface area (Å²) in [6, 6.07) is 5.96. The Bertz CT molecular complexity index is 833. The lowest BCUT2D eigenvalue weighted by molar-refractivity contribution is -0.132. The number of hydrogen-bond donors (Lipinski definition) is 4. The Balaban J connectivity index is 0. The van der Waals surface area contributed by atoms with E-state index in [9.17, 15) is 9.59 Å². The third-order valence-corrected chi connectivity index (χ3v) is 5.13. The Morgan fingerprint density at radius 1 is 1.32 bits per heavy atom. The molecule has 2 rings (SSSR count). The summed E-state index contributed by atoms with van der Waals surface area (Å²) in [5, 5.41) is 2.61. The van der Waals surface area contributed by atoms with Gasteiger partial charge in [-0.05, 0) is 44.7 Å². The van der Waals surface area contributed by atoms with Crippen molar-refractivity contribution < 1.29 is 19.1 Å². The first-order chi connectivity index (χ1) is 18.2. The molecular formula is C29H51N5O4. The van der Waals surface area contributed by atoms with E-state index in [1.807, 2.05) is 30.9 Å². The molecule has 38 heavy (non-hydrogen) atoms. The van der Waals surface area contributed by atoms with Crippen LogP contribution in [0, 0.1) is 18.3 Å². The van der Waals surface area contributed by atoms with Gasteiger partial charge in [0.15, 0.2) is 0 Å². The molecule has 1 atom stereocenters. The quantitative estimate of drug-likeness (QED) is 0.112. The topological polar surface area (TPSA) is 132 Å². The highest BCUT2D eigenvalue weighted by Crippen LogP contribution is 2.21. The predicted octanol–water partition coefficient (Wildman–Crippen LogP) is 3.67. The highest BCUT2D eigenvalue weighted by Gasteiger charge is 2.24. The van der Waals surface area contributed by atoms with E-state index in [0.29, 0.717) is 61.9 Å². The maximum Gasteiger partial charge on any atom is 0.223 e. The molecule has 0 aliphatic carbocycles. The van der Waals surface area contributed by atoms with Crippen molar-refractivity contribution in [3.63, 3.8) is 0 Å². The standard InChI is InChI=1S/C14H17NO3.C10H19NO.C3H9N3.C2H6/c1-3-12-5-6-13(10-15-11-16)14(9-12)18-8-4-7-17-2;1-8(2)7-10(12)11-6-4-5-9(11)3;1-3(4)2-6-5;1-2/h1,5-6,9,11H,4,7-8,10H2,2H3,(H,15,16);8-9H,4-7H2,1-3H3;2,6H,4-5H2,1H3;1-2H3/b;;3-2-;. The summed E-state index contributed by atoms with van der Waals surface area (Å²) in [6.45, 7) is 14.7. The van der Waals surface area contributed by atoms with Crippen molar-refractivity contribution >= 4 is 12.3 Å². The maximum absolute atomic E-state index is 11.6. The smallest absolute Gasteiger partial charge is 0.223 e. The third-order valence-electron chi connectivity index (χ3n) is 5.13. The van der Waals surface area contributed by atoms with Gasteiger partial charge in [-0.2, -0.15) is 0 Å². The second-order valence-corrected chi connectivity index (χ2v) is 8.89. The minimum atomic E-state index is 0.343. The number of nitrogens with one attached hydrogen (secondary N) is 2. The average molecular weight is 534 g/mol. The number of benzene rings is 1. The van der Waals surface area contributed by atoms with Crippen LogP contribution >= 0.6 is 0 Å². The first-order valence-corrected chi connectivity index (χ1v) is 13.3. The number of ether oxygens (including phenoxy) is 2. The second kappa shape index (κ2) is 24.1. The summed E-state index contributed by atoms with van der Waals surface area (Å²) in [4.78, 5) is 23.9. The SMILES string of the molecule is C#Cc1ccc(CNC=O)c(OCCCOC)c1.C/C(N)=C/NN.CC.CC(C)CC(=O)N1CCCC1C. The molecule has 0 spiro atoms. The second-order valence-electron chi connectivity index (χ2n) is 8.89. The van der Waals surface area contributed by atoms with Crippen LogP contribution in [0.4, 0.5) is 0 Å². The number of carbonyl (C=O) groups is 2. The van der Waals surface area contributed by atoms with Crippen LogP contribution in [0.2, 0.25) is 0 Å². The van der Waals surface area contributed by atoms with E-state index in [2.05, 4.69) is 37.4 Å². The number of terminal acetylenes is 1. The molecule has 0 saturated carbocycles. The van der Waals surface area contributed by atoms with Crippen molar-refractivity contribution in [1.29, 1.82) is 0 Å². The normalized spacial score (nSPS) is 13.9. The Kier molecular flexibility index (Phi) is 23.5. The molecule has 1 aliphatic rings. The van der Waals surface area contributed by atoms with Crippen molar-refractivity contribution in [2.24, 2.45) is 17.5 Å². The van der Waals surface area contributed by atoms with Crippen LogP contribution in [0.25, 0.3) is 0 Å². The van der Waals surface area contributed by atoms with Crippen LogP contribution in [0.15, 0.2) is 30.1 Å². The lowest BCUT2D eigenvalue weighted by atomic mass is 10.1. The number of nitrogens with two attached hydrogens (primary N) is 2. The van der Waals surface area contributed by atoms with Crippen LogP contribution in [-0.4, -0.2) is 50.1 Å². The van der Waals surface area contributed by atoms with E-state index < -0.39 is 0 Å². The van der Waals surface area contributed by atoms with Gasteiger partial charge < -0.3 is 30.8 Å². The number of allylic oxidation sites excluding steroid dienone is 1. The zero-order valence-electron chi connectivity index (χ0n) is 24.5. The van der Waals surface area contributed by atoms with Crippen molar-refractivity contribution in [3.05, 3.63) is 41.2 Å².